The molecule has 1 rings (SSSR count). The number of benzene rings is 1. The summed E-state index contributed by atoms with van der Waals surface area (Å²) in [6.45, 7) is 1.07. The lowest BCUT2D eigenvalue weighted by Crippen LogP contribution is -2.09. The third kappa shape index (κ3) is 4.73. The number of halogens is 4. The highest BCUT2D eigenvalue weighted by Crippen LogP contribution is 2.22. The first-order chi connectivity index (χ1) is 8.29. The van der Waals surface area contributed by atoms with Gasteiger partial charge in [-0.15, -0.1) is 0 Å². The fraction of sp³-hybridized carbons (Fsp3) is 0.417. The van der Waals surface area contributed by atoms with Gasteiger partial charge in [0.2, 0.25) is 0 Å². The number of ketones is 1. The maximum absolute atomic E-state index is 13.3. The van der Waals surface area contributed by atoms with E-state index in [0.29, 0.717) is 0 Å². The molecular weight excluding hydrogens is 252 g/mol. The summed E-state index contributed by atoms with van der Waals surface area (Å²) < 4.78 is 53.8. The molecule has 0 aromatic heterocycles. The Labute approximate surface area is 102 Å². The van der Waals surface area contributed by atoms with Crippen LogP contribution in [0.2, 0.25) is 0 Å². The van der Waals surface area contributed by atoms with E-state index in [2.05, 4.69) is 0 Å². The summed E-state index contributed by atoms with van der Waals surface area (Å²) in [5, 5.41) is 0. The smallest absolute Gasteiger partial charge is 0.389 e. The van der Waals surface area contributed by atoms with Crippen molar-refractivity contribution >= 4 is 5.78 Å². The maximum atomic E-state index is 13.3. The zero-order valence-corrected chi connectivity index (χ0v) is 9.68. The van der Waals surface area contributed by atoms with E-state index < -0.39 is 24.2 Å². The fourth-order valence-electron chi connectivity index (χ4n) is 1.33. The van der Waals surface area contributed by atoms with Gasteiger partial charge in [0.15, 0.2) is 5.78 Å². The molecule has 0 unspecified atom stereocenters. The normalized spacial score (nSPS) is 11.4. The zero-order valence-electron chi connectivity index (χ0n) is 9.68. The Morgan fingerprint density at radius 3 is 2.50 bits per heavy atom. The average molecular weight is 264 g/mol. The van der Waals surface area contributed by atoms with Gasteiger partial charge in [0.05, 0.1) is 12.2 Å². The van der Waals surface area contributed by atoms with Crippen molar-refractivity contribution in [2.75, 3.05) is 6.61 Å². The molecule has 1 aromatic rings. The number of carbonyl (C=O) groups excluding carboxylic acids is 1. The van der Waals surface area contributed by atoms with Crippen LogP contribution in [0.15, 0.2) is 18.2 Å². The number of hydrogen-bond acceptors (Lipinski definition) is 2. The summed E-state index contributed by atoms with van der Waals surface area (Å²) in [6, 6.07) is 3.59. The van der Waals surface area contributed by atoms with E-state index in [1.54, 1.807) is 0 Å². The number of carbonyl (C=O) groups is 1. The maximum Gasteiger partial charge on any atom is 0.389 e. The molecule has 0 fully saturated rings. The third-order valence-electron chi connectivity index (χ3n) is 2.19. The first kappa shape index (κ1) is 14.5. The summed E-state index contributed by atoms with van der Waals surface area (Å²) in [4.78, 5) is 10.9. The SMILES string of the molecule is CC(=O)c1ccc(OCCCC(F)(F)F)cc1F. The zero-order chi connectivity index (χ0) is 13.8. The lowest BCUT2D eigenvalue weighted by molar-refractivity contribution is -0.136. The van der Waals surface area contributed by atoms with Crippen LogP contribution < -0.4 is 4.74 Å². The summed E-state index contributed by atoms with van der Waals surface area (Å²) in [5.41, 5.74) is -0.0716. The Bertz CT molecular complexity index is 427. The Morgan fingerprint density at radius 1 is 1.33 bits per heavy atom. The van der Waals surface area contributed by atoms with Gasteiger partial charge in [0, 0.05) is 12.5 Å². The van der Waals surface area contributed by atoms with Crippen LogP contribution in [0.5, 0.6) is 5.75 Å². The van der Waals surface area contributed by atoms with Crippen molar-refractivity contribution in [2.45, 2.75) is 25.9 Å². The molecule has 100 valence electrons. The lowest BCUT2D eigenvalue weighted by atomic mass is 10.1. The molecule has 1 aromatic carbocycles. The van der Waals surface area contributed by atoms with Gasteiger partial charge in [-0.25, -0.2) is 4.39 Å². The van der Waals surface area contributed by atoms with E-state index in [1.165, 1.54) is 19.1 Å². The second-order valence-corrected chi connectivity index (χ2v) is 3.77. The molecule has 0 amide bonds. The van der Waals surface area contributed by atoms with Crippen LogP contribution in [0, 0.1) is 5.82 Å². The number of rotatable bonds is 5. The van der Waals surface area contributed by atoms with Gasteiger partial charge < -0.3 is 4.74 Å². The van der Waals surface area contributed by atoms with E-state index in [4.69, 9.17) is 4.74 Å². The average Bonchev–Trinajstić information content (AvgIpc) is 2.22. The Kier molecular flexibility index (Phi) is 4.69. The Morgan fingerprint density at radius 2 is 2.00 bits per heavy atom. The molecule has 0 aliphatic rings. The fourth-order valence-corrected chi connectivity index (χ4v) is 1.33. The van der Waals surface area contributed by atoms with E-state index in [0.717, 1.165) is 6.07 Å². The van der Waals surface area contributed by atoms with Crippen LogP contribution in [0.25, 0.3) is 0 Å². The number of hydrogen-bond donors (Lipinski definition) is 0. The number of ether oxygens (including phenoxy) is 1. The molecule has 6 heteroatoms. The lowest BCUT2D eigenvalue weighted by Gasteiger charge is -2.09. The van der Waals surface area contributed by atoms with E-state index in [-0.39, 0.29) is 24.3 Å². The first-order valence-electron chi connectivity index (χ1n) is 5.29. The van der Waals surface area contributed by atoms with Gasteiger partial charge in [0.25, 0.3) is 0 Å². The van der Waals surface area contributed by atoms with Crippen molar-refractivity contribution in [3.63, 3.8) is 0 Å². The van der Waals surface area contributed by atoms with Crippen molar-refractivity contribution in [3.8, 4) is 5.75 Å². The first-order valence-corrected chi connectivity index (χ1v) is 5.29. The van der Waals surface area contributed by atoms with E-state index in [1.807, 2.05) is 0 Å². The summed E-state index contributed by atoms with van der Waals surface area (Å²) in [6.07, 6.45) is -5.35. The second-order valence-electron chi connectivity index (χ2n) is 3.77. The van der Waals surface area contributed by atoms with Crippen molar-refractivity contribution in [2.24, 2.45) is 0 Å². The number of alkyl halides is 3. The molecule has 0 heterocycles. The molecule has 0 aliphatic heterocycles. The third-order valence-corrected chi connectivity index (χ3v) is 2.19. The molecule has 0 atom stereocenters. The van der Waals surface area contributed by atoms with Crippen molar-refractivity contribution < 1.29 is 27.1 Å². The minimum Gasteiger partial charge on any atom is -0.493 e. The molecule has 0 bridgehead atoms. The van der Waals surface area contributed by atoms with Crippen LogP contribution in [0.1, 0.15) is 30.1 Å². The summed E-state index contributed by atoms with van der Waals surface area (Å²) in [7, 11) is 0. The van der Waals surface area contributed by atoms with Crippen LogP contribution in [0.4, 0.5) is 17.6 Å². The highest BCUT2D eigenvalue weighted by molar-refractivity contribution is 5.94. The Hall–Kier alpha value is -1.59. The van der Waals surface area contributed by atoms with Crippen LogP contribution in [-0.4, -0.2) is 18.6 Å². The predicted molar refractivity (Wildman–Crippen MR) is 57.2 cm³/mol. The highest BCUT2D eigenvalue weighted by atomic mass is 19.4. The van der Waals surface area contributed by atoms with Gasteiger partial charge in [-0.05, 0) is 25.5 Å². The summed E-state index contributed by atoms with van der Waals surface area (Å²) >= 11 is 0. The predicted octanol–water partition coefficient (Wildman–Crippen LogP) is 3.75. The van der Waals surface area contributed by atoms with Gasteiger partial charge in [-0.1, -0.05) is 0 Å². The van der Waals surface area contributed by atoms with Gasteiger partial charge in [-0.2, -0.15) is 13.2 Å². The van der Waals surface area contributed by atoms with Crippen molar-refractivity contribution in [1.29, 1.82) is 0 Å². The molecule has 0 spiro atoms. The molecule has 0 saturated heterocycles. The van der Waals surface area contributed by atoms with Crippen LogP contribution in [-0.2, 0) is 0 Å². The van der Waals surface area contributed by atoms with E-state index in [9.17, 15) is 22.4 Å². The molecule has 2 nitrogen and oxygen atoms in total. The largest absolute Gasteiger partial charge is 0.493 e. The molecular formula is C12H12F4O2. The van der Waals surface area contributed by atoms with Crippen molar-refractivity contribution in [1.82, 2.24) is 0 Å². The second kappa shape index (κ2) is 5.84. The Balaban J connectivity index is 2.49. The van der Waals surface area contributed by atoms with Crippen LogP contribution >= 0.6 is 0 Å². The van der Waals surface area contributed by atoms with Crippen molar-refractivity contribution in [3.05, 3.63) is 29.6 Å². The van der Waals surface area contributed by atoms with Crippen LogP contribution in [0.3, 0.4) is 0 Å². The topological polar surface area (TPSA) is 26.3 Å². The molecule has 0 N–H and O–H groups in total. The molecule has 0 saturated carbocycles. The molecule has 18 heavy (non-hydrogen) atoms. The van der Waals surface area contributed by atoms with E-state index >= 15 is 0 Å². The quantitative estimate of drug-likeness (QED) is 0.460. The van der Waals surface area contributed by atoms with Gasteiger partial charge >= 0.3 is 6.18 Å². The monoisotopic (exact) mass is 264 g/mol. The minimum absolute atomic E-state index is 0.0716. The standard InChI is InChI=1S/C12H12F4O2/c1-8(17)10-4-3-9(7-11(10)13)18-6-2-5-12(14,15)16/h3-4,7H,2,5-6H2,1H3. The minimum atomic E-state index is -4.22. The van der Waals surface area contributed by atoms with Gasteiger partial charge in [-0.3, -0.25) is 4.79 Å². The molecule has 0 radical (unpaired) electrons. The number of Topliss-reactive ketones (excluding diaryl/α,β-unsaturated/α-hetero) is 1. The summed E-state index contributed by atoms with van der Waals surface area (Å²) in [5.74, 6) is -1.05. The molecule has 0 aliphatic carbocycles. The van der Waals surface area contributed by atoms with Gasteiger partial charge in [0.1, 0.15) is 11.6 Å². The highest BCUT2D eigenvalue weighted by Gasteiger charge is 2.26.